The van der Waals surface area contributed by atoms with Gasteiger partial charge in [-0.1, -0.05) is 53.5 Å². The van der Waals surface area contributed by atoms with Crippen molar-refractivity contribution in [1.29, 1.82) is 0 Å². The van der Waals surface area contributed by atoms with Crippen LogP contribution < -0.4 is 5.32 Å². The molecule has 0 unspecified atom stereocenters. The van der Waals surface area contributed by atoms with Crippen LogP contribution in [0.2, 0.25) is 10.0 Å². The van der Waals surface area contributed by atoms with Gasteiger partial charge in [0.05, 0.1) is 16.2 Å². The summed E-state index contributed by atoms with van der Waals surface area (Å²) in [5.41, 5.74) is 4.86. The van der Waals surface area contributed by atoms with Crippen LogP contribution in [0.15, 0.2) is 42.5 Å². The Labute approximate surface area is 133 Å². The first kappa shape index (κ1) is 14.2. The van der Waals surface area contributed by atoms with Crippen molar-refractivity contribution >= 4 is 39.8 Å². The normalized spacial score (nSPS) is 10.9. The lowest BCUT2D eigenvalue weighted by molar-refractivity contribution is 1.31. The Morgan fingerprint density at radius 2 is 1.76 bits per heavy atom. The minimum Gasteiger partial charge on any atom is -0.387 e. The molecule has 0 aliphatic heterocycles. The molecule has 3 aromatic rings. The minimum atomic E-state index is 0.588. The summed E-state index contributed by atoms with van der Waals surface area (Å²) < 4.78 is 0. The van der Waals surface area contributed by atoms with Crippen LogP contribution in [0, 0.1) is 6.92 Å². The molecule has 1 N–H and O–H groups in total. The molecule has 21 heavy (non-hydrogen) atoms. The second-order valence-electron chi connectivity index (χ2n) is 4.86. The second kappa shape index (κ2) is 5.55. The molecule has 1 heterocycles. The fraction of sp³-hybridized carbons (Fsp3) is 0.118. The van der Waals surface area contributed by atoms with Crippen molar-refractivity contribution in [2.24, 2.45) is 0 Å². The number of anilines is 1. The molecule has 0 saturated carbocycles. The summed E-state index contributed by atoms with van der Waals surface area (Å²) in [5.74, 6) is 0. The number of halogens is 2. The fourth-order valence-corrected chi connectivity index (χ4v) is 3.17. The fourth-order valence-electron chi connectivity index (χ4n) is 2.60. The summed E-state index contributed by atoms with van der Waals surface area (Å²) in [5, 5.41) is 5.34. The number of aromatic nitrogens is 1. The molecule has 0 aliphatic carbocycles. The van der Waals surface area contributed by atoms with E-state index in [1.807, 2.05) is 50.4 Å². The van der Waals surface area contributed by atoms with Crippen LogP contribution in [0.25, 0.3) is 22.2 Å². The number of rotatable bonds is 2. The van der Waals surface area contributed by atoms with E-state index in [1.54, 1.807) is 6.07 Å². The molecule has 0 aliphatic rings. The summed E-state index contributed by atoms with van der Waals surface area (Å²) in [6.45, 7) is 2.05. The van der Waals surface area contributed by atoms with E-state index in [-0.39, 0.29) is 0 Å². The molecule has 2 aromatic carbocycles. The standard InChI is InChI=1S/C17H14Cl2N2/c1-10-16(11-6-4-3-5-7-11)21-14-9-12(18)8-13(19)15(14)17(10)20-2/h3-9H,1-2H3,(H,20,21). The van der Waals surface area contributed by atoms with Gasteiger partial charge in [-0.05, 0) is 24.6 Å². The smallest absolute Gasteiger partial charge is 0.0760 e. The zero-order chi connectivity index (χ0) is 15.0. The monoisotopic (exact) mass is 316 g/mol. The van der Waals surface area contributed by atoms with E-state index in [0.29, 0.717) is 10.0 Å². The van der Waals surface area contributed by atoms with Gasteiger partial charge >= 0.3 is 0 Å². The van der Waals surface area contributed by atoms with Crippen molar-refractivity contribution in [2.45, 2.75) is 6.92 Å². The summed E-state index contributed by atoms with van der Waals surface area (Å²) in [6.07, 6.45) is 0. The van der Waals surface area contributed by atoms with Gasteiger partial charge in [0.2, 0.25) is 0 Å². The van der Waals surface area contributed by atoms with Crippen LogP contribution >= 0.6 is 23.2 Å². The first-order chi connectivity index (χ1) is 10.1. The van der Waals surface area contributed by atoms with Crippen LogP contribution in [0.3, 0.4) is 0 Å². The van der Waals surface area contributed by atoms with Gasteiger partial charge in [0, 0.05) is 28.7 Å². The van der Waals surface area contributed by atoms with E-state index in [9.17, 15) is 0 Å². The number of nitrogens with one attached hydrogen (secondary N) is 1. The van der Waals surface area contributed by atoms with E-state index < -0.39 is 0 Å². The van der Waals surface area contributed by atoms with Gasteiger partial charge in [-0.2, -0.15) is 0 Å². The van der Waals surface area contributed by atoms with Crippen molar-refractivity contribution in [3.63, 3.8) is 0 Å². The van der Waals surface area contributed by atoms with Crippen LogP contribution in [-0.4, -0.2) is 12.0 Å². The highest BCUT2D eigenvalue weighted by Crippen LogP contribution is 2.38. The molecular weight excluding hydrogens is 303 g/mol. The van der Waals surface area contributed by atoms with Gasteiger partial charge in [-0.3, -0.25) is 0 Å². The molecule has 3 rings (SSSR count). The van der Waals surface area contributed by atoms with E-state index in [1.165, 1.54) is 0 Å². The highest BCUT2D eigenvalue weighted by atomic mass is 35.5. The zero-order valence-corrected chi connectivity index (χ0v) is 13.3. The number of benzene rings is 2. The van der Waals surface area contributed by atoms with Gasteiger partial charge in [0.1, 0.15) is 0 Å². The molecule has 0 amide bonds. The Balaban J connectivity index is 2.41. The van der Waals surface area contributed by atoms with Crippen LogP contribution in [0.1, 0.15) is 5.56 Å². The van der Waals surface area contributed by atoms with E-state index in [2.05, 4.69) is 5.32 Å². The number of hydrogen-bond donors (Lipinski definition) is 1. The first-order valence-corrected chi connectivity index (χ1v) is 7.40. The lowest BCUT2D eigenvalue weighted by Gasteiger charge is -2.15. The van der Waals surface area contributed by atoms with Gasteiger partial charge in [-0.15, -0.1) is 0 Å². The third kappa shape index (κ3) is 2.45. The predicted octanol–water partition coefficient (Wildman–Crippen LogP) is 5.56. The third-order valence-electron chi connectivity index (χ3n) is 3.54. The van der Waals surface area contributed by atoms with Crippen molar-refractivity contribution in [3.8, 4) is 11.3 Å². The molecule has 106 valence electrons. The maximum absolute atomic E-state index is 6.35. The average molecular weight is 317 g/mol. The topological polar surface area (TPSA) is 24.9 Å². The van der Waals surface area contributed by atoms with Crippen LogP contribution in [-0.2, 0) is 0 Å². The molecule has 0 spiro atoms. The number of hydrogen-bond acceptors (Lipinski definition) is 2. The maximum Gasteiger partial charge on any atom is 0.0760 e. The van der Waals surface area contributed by atoms with Crippen molar-refractivity contribution in [1.82, 2.24) is 4.98 Å². The number of nitrogens with zero attached hydrogens (tertiary/aromatic N) is 1. The molecule has 0 fully saturated rings. The maximum atomic E-state index is 6.35. The van der Waals surface area contributed by atoms with E-state index in [4.69, 9.17) is 28.2 Å². The van der Waals surface area contributed by atoms with Crippen LogP contribution in [0.4, 0.5) is 5.69 Å². The molecule has 4 heteroatoms. The Morgan fingerprint density at radius 1 is 1.05 bits per heavy atom. The SMILES string of the molecule is CNc1c(C)c(-c2ccccc2)nc2cc(Cl)cc(Cl)c12. The van der Waals surface area contributed by atoms with Gasteiger partial charge in [0.25, 0.3) is 0 Å². The molecule has 1 aromatic heterocycles. The summed E-state index contributed by atoms with van der Waals surface area (Å²) in [6, 6.07) is 13.7. The van der Waals surface area contributed by atoms with Crippen LogP contribution in [0.5, 0.6) is 0 Å². The Kier molecular flexibility index (Phi) is 3.75. The minimum absolute atomic E-state index is 0.588. The lowest BCUT2D eigenvalue weighted by Crippen LogP contribution is -1.99. The molecule has 0 atom stereocenters. The lowest BCUT2D eigenvalue weighted by atomic mass is 10.0. The van der Waals surface area contributed by atoms with Crippen molar-refractivity contribution in [2.75, 3.05) is 12.4 Å². The predicted molar refractivity (Wildman–Crippen MR) is 91.5 cm³/mol. The Morgan fingerprint density at radius 3 is 2.43 bits per heavy atom. The number of pyridine rings is 1. The first-order valence-electron chi connectivity index (χ1n) is 6.64. The quantitative estimate of drug-likeness (QED) is 0.669. The Bertz CT molecular complexity index is 814. The zero-order valence-electron chi connectivity index (χ0n) is 11.7. The Hall–Kier alpha value is -1.77. The van der Waals surface area contributed by atoms with E-state index >= 15 is 0 Å². The third-order valence-corrected chi connectivity index (χ3v) is 4.06. The molecule has 0 saturated heterocycles. The summed E-state index contributed by atoms with van der Waals surface area (Å²) >= 11 is 12.5. The molecule has 0 radical (unpaired) electrons. The van der Waals surface area contributed by atoms with Crippen molar-refractivity contribution in [3.05, 3.63) is 58.1 Å². The molecule has 2 nitrogen and oxygen atoms in total. The number of fused-ring (bicyclic) bond motifs is 1. The largest absolute Gasteiger partial charge is 0.387 e. The van der Waals surface area contributed by atoms with Gasteiger partial charge in [-0.25, -0.2) is 4.98 Å². The summed E-state index contributed by atoms with van der Waals surface area (Å²) in [4.78, 5) is 4.77. The van der Waals surface area contributed by atoms with Crippen molar-refractivity contribution < 1.29 is 0 Å². The van der Waals surface area contributed by atoms with E-state index in [0.717, 1.165) is 33.4 Å². The molecular formula is C17H14Cl2N2. The second-order valence-corrected chi connectivity index (χ2v) is 5.70. The highest BCUT2D eigenvalue weighted by molar-refractivity contribution is 6.39. The summed E-state index contributed by atoms with van der Waals surface area (Å²) in [7, 11) is 1.89. The molecule has 0 bridgehead atoms. The van der Waals surface area contributed by atoms with Gasteiger partial charge in [0.15, 0.2) is 0 Å². The average Bonchev–Trinajstić information content (AvgIpc) is 2.48. The highest BCUT2D eigenvalue weighted by Gasteiger charge is 2.15. The van der Waals surface area contributed by atoms with Gasteiger partial charge < -0.3 is 5.32 Å².